The molecule has 0 saturated carbocycles. The second-order valence-corrected chi connectivity index (χ2v) is 5.81. The van der Waals surface area contributed by atoms with Crippen molar-refractivity contribution in [3.05, 3.63) is 63.7 Å². The molecule has 20 heavy (non-hydrogen) atoms. The van der Waals surface area contributed by atoms with Gasteiger partial charge < -0.3 is 10.6 Å². The monoisotopic (exact) mass is 380 g/mol. The maximum absolute atomic E-state index is 11.9. The van der Waals surface area contributed by atoms with Gasteiger partial charge in [-0.1, -0.05) is 30.3 Å². The second kappa shape index (κ2) is 7.28. The van der Waals surface area contributed by atoms with Gasteiger partial charge in [-0.2, -0.15) is 0 Å². The minimum absolute atomic E-state index is 0.0140. The van der Waals surface area contributed by atoms with E-state index in [1.54, 1.807) is 0 Å². The maximum Gasteiger partial charge on any atom is 0.239 e. The van der Waals surface area contributed by atoms with Crippen LogP contribution in [-0.2, 0) is 4.79 Å². The van der Waals surface area contributed by atoms with Gasteiger partial charge in [-0.15, -0.1) is 0 Å². The Hall–Kier alpha value is -1.56. The van der Waals surface area contributed by atoms with E-state index in [2.05, 4.69) is 33.2 Å². The van der Waals surface area contributed by atoms with E-state index >= 15 is 0 Å². The van der Waals surface area contributed by atoms with Crippen LogP contribution in [0.15, 0.2) is 54.6 Å². The molecule has 104 valence electrons. The smallest absolute Gasteiger partial charge is 0.239 e. The molecule has 0 radical (unpaired) electrons. The number of rotatable bonds is 5. The second-order valence-electron chi connectivity index (χ2n) is 4.56. The minimum atomic E-state index is -0.0140. The fourth-order valence-corrected chi connectivity index (χ4v) is 2.23. The Balaban J connectivity index is 1.82. The van der Waals surface area contributed by atoms with Gasteiger partial charge in [0.1, 0.15) is 0 Å². The SMILES string of the molecule is C[C@H](NC(=O)CNc1ccc(I)cc1)c1ccccc1. The predicted octanol–water partition coefficient (Wildman–Crippen LogP) is 3.58. The van der Waals surface area contributed by atoms with Gasteiger partial charge in [0.2, 0.25) is 5.91 Å². The molecular formula is C16H17IN2O. The molecule has 0 spiro atoms. The van der Waals surface area contributed by atoms with Gasteiger partial charge in [-0.25, -0.2) is 0 Å². The van der Waals surface area contributed by atoms with E-state index < -0.39 is 0 Å². The van der Waals surface area contributed by atoms with Crippen LogP contribution in [0.25, 0.3) is 0 Å². The van der Waals surface area contributed by atoms with E-state index in [0.29, 0.717) is 0 Å². The molecule has 2 aromatic rings. The number of halogens is 1. The summed E-state index contributed by atoms with van der Waals surface area (Å²) in [6.07, 6.45) is 0. The summed E-state index contributed by atoms with van der Waals surface area (Å²) in [7, 11) is 0. The van der Waals surface area contributed by atoms with E-state index in [0.717, 1.165) is 11.3 Å². The van der Waals surface area contributed by atoms with E-state index in [1.807, 2.05) is 61.5 Å². The first kappa shape index (κ1) is 14.8. The van der Waals surface area contributed by atoms with Crippen LogP contribution in [0.3, 0.4) is 0 Å². The van der Waals surface area contributed by atoms with Crippen LogP contribution in [-0.4, -0.2) is 12.5 Å². The molecule has 0 aliphatic carbocycles. The van der Waals surface area contributed by atoms with Crippen molar-refractivity contribution in [2.75, 3.05) is 11.9 Å². The Kier molecular flexibility index (Phi) is 5.40. The summed E-state index contributed by atoms with van der Waals surface area (Å²) in [5.74, 6) is -0.0140. The molecule has 0 saturated heterocycles. The zero-order chi connectivity index (χ0) is 14.4. The highest BCUT2D eigenvalue weighted by atomic mass is 127. The fourth-order valence-electron chi connectivity index (χ4n) is 1.87. The minimum Gasteiger partial charge on any atom is -0.376 e. The van der Waals surface area contributed by atoms with Gasteiger partial charge in [0.15, 0.2) is 0 Å². The number of hydrogen-bond acceptors (Lipinski definition) is 2. The number of anilines is 1. The molecule has 0 bridgehead atoms. The fraction of sp³-hybridized carbons (Fsp3) is 0.188. The van der Waals surface area contributed by atoms with Crippen LogP contribution in [0.2, 0.25) is 0 Å². The van der Waals surface area contributed by atoms with Crippen LogP contribution in [0.4, 0.5) is 5.69 Å². The Bertz CT molecular complexity index is 554. The molecule has 0 aromatic heterocycles. The third kappa shape index (κ3) is 4.52. The molecule has 2 N–H and O–H groups in total. The lowest BCUT2D eigenvalue weighted by Crippen LogP contribution is -2.32. The number of carbonyl (C=O) groups is 1. The largest absolute Gasteiger partial charge is 0.376 e. The van der Waals surface area contributed by atoms with E-state index in [9.17, 15) is 4.79 Å². The summed E-state index contributed by atoms with van der Waals surface area (Å²) in [6, 6.07) is 17.9. The third-order valence-corrected chi connectivity index (χ3v) is 3.69. The Morgan fingerprint density at radius 2 is 1.75 bits per heavy atom. The maximum atomic E-state index is 11.9. The van der Waals surface area contributed by atoms with Crippen LogP contribution >= 0.6 is 22.6 Å². The lowest BCUT2D eigenvalue weighted by Gasteiger charge is -2.15. The van der Waals surface area contributed by atoms with Gasteiger partial charge in [0.25, 0.3) is 0 Å². The Labute approximate surface area is 132 Å². The number of hydrogen-bond donors (Lipinski definition) is 2. The van der Waals surface area contributed by atoms with Crippen molar-refractivity contribution < 1.29 is 4.79 Å². The number of nitrogens with one attached hydrogen (secondary N) is 2. The molecular weight excluding hydrogens is 363 g/mol. The van der Waals surface area contributed by atoms with Gasteiger partial charge in [0.05, 0.1) is 12.6 Å². The van der Waals surface area contributed by atoms with E-state index in [1.165, 1.54) is 3.57 Å². The van der Waals surface area contributed by atoms with E-state index in [-0.39, 0.29) is 18.5 Å². The lowest BCUT2D eigenvalue weighted by molar-refractivity contribution is -0.120. The highest BCUT2D eigenvalue weighted by molar-refractivity contribution is 14.1. The van der Waals surface area contributed by atoms with Crippen LogP contribution in [0.5, 0.6) is 0 Å². The van der Waals surface area contributed by atoms with Crippen molar-refractivity contribution in [1.82, 2.24) is 5.32 Å². The van der Waals surface area contributed by atoms with Crippen molar-refractivity contribution >= 4 is 34.2 Å². The normalized spacial score (nSPS) is 11.7. The zero-order valence-electron chi connectivity index (χ0n) is 11.3. The highest BCUT2D eigenvalue weighted by Gasteiger charge is 2.08. The molecule has 1 atom stereocenters. The summed E-state index contributed by atoms with van der Waals surface area (Å²) in [5, 5.41) is 6.09. The number of amides is 1. The van der Waals surface area contributed by atoms with E-state index in [4.69, 9.17) is 0 Å². The topological polar surface area (TPSA) is 41.1 Å². The number of carbonyl (C=O) groups excluding carboxylic acids is 1. The van der Waals surface area contributed by atoms with Crippen molar-refractivity contribution in [3.8, 4) is 0 Å². The van der Waals surface area contributed by atoms with Crippen molar-refractivity contribution in [3.63, 3.8) is 0 Å². The molecule has 0 fully saturated rings. The lowest BCUT2D eigenvalue weighted by atomic mass is 10.1. The third-order valence-electron chi connectivity index (χ3n) is 2.97. The van der Waals surface area contributed by atoms with Gasteiger partial charge >= 0.3 is 0 Å². The Morgan fingerprint density at radius 1 is 1.10 bits per heavy atom. The first-order valence-corrected chi connectivity index (χ1v) is 7.57. The van der Waals surface area contributed by atoms with Crippen LogP contribution in [0, 0.1) is 3.57 Å². The molecule has 0 heterocycles. The molecule has 3 nitrogen and oxygen atoms in total. The van der Waals surface area contributed by atoms with Crippen molar-refractivity contribution in [2.45, 2.75) is 13.0 Å². The molecule has 4 heteroatoms. The summed E-state index contributed by atoms with van der Waals surface area (Å²) in [4.78, 5) is 11.9. The average molecular weight is 380 g/mol. The summed E-state index contributed by atoms with van der Waals surface area (Å²) >= 11 is 2.25. The van der Waals surface area contributed by atoms with Gasteiger partial charge in [-0.3, -0.25) is 4.79 Å². The summed E-state index contributed by atoms with van der Waals surface area (Å²) in [5.41, 5.74) is 2.06. The predicted molar refractivity (Wildman–Crippen MR) is 90.6 cm³/mol. The number of benzene rings is 2. The van der Waals surface area contributed by atoms with Gasteiger partial charge in [-0.05, 0) is 59.3 Å². The molecule has 0 aliphatic heterocycles. The van der Waals surface area contributed by atoms with Crippen molar-refractivity contribution in [1.29, 1.82) is 0 Å². The highest BCUT2D eigenvalue weighted by Crippen LogP contribution is 2.12. The molecule has 2 rings (SSSR count). The average Bonchev–Trinajstić information content (AvgIpc) is 2.47. The summed E-state index contributed by atoms with van der Waals surface area (Å²) in [6.45, 7) is 2.26. The molecule has 0 aliphatic rings. The Morgan fingerprint density at radius 3 is 2.40 bits per heavy atom. The molecule has 2 aromatic carbocycles. The molecule has 1 amide bonds. The van der Waals surface area contributed by atoms with Gasteiger partial charge in [0, 0.05) is 9.26 Å². The summed E-state index contributed by atoms with van der Waals surface area (Å²) < 4.78 is 1.18. The first-order valence-electron chi connectivity index (χ1n) is 6.49. The first-order chi connectivity index (χ1) is 9.65. The van der Waals surface area contributed by atoms with Crippen LogP contribution in [0.1, 0.15) is 18.5 Å². The van der Waals surface area contributed by atoms with Crippen molar-refractivity contribution in [2.24, 2.45) is 0 Å². The molecule has 0 unspecified atom stereocenters. The quantitative estimate of drug-likeness (QED) is 0.779. The standard InChI is InChI=1S/C16H17IN2O/c1-12(13-5-3-2-4-6-13)19-16(20)11-18-15-9-7-14(17)8-10-15/h2-10,12,18H,11H2,1H3,(H,19,20)/t12-/m0/s1. The zero-order valence-corrected chi connectivity index (χ0v) is 13.4. The van der Waals surface area contributed by atoms with Crippen LogP contribution < -0.4 is 10.6 Å².